The van der Waals surface area contributed by atoms with Gasteiger partial charge in [-0.1, -0.05) is 12.1 Å². The van der Waals surface area contributed by atoms with Gasteiger partial charge in [-0.3, -0.25) is 4.79 Å². The van der Waals surface area contributed by atoms with E-state index in [1.165, 1.54) is 0 Å². The van der Waals surface area contributed by atoms with Gasteiger partial charge in [0.25, 0.3) is 0 Å². The van der Waals surface area contributed by atoms with Gasteiger partial charge in [0.2, 0.25) is 5.91 Å². The highest BCUT2D eigenvalue weighted by molar-refractivity contribution is 5.85. The molecule has 0 spiro atoms. The molecule has 3 rings (SSSR count). The molecule has 1 unspecified atom stereocenters. The zero-order chi connectivity index (χ0) is 15.5. The maximum atomic E-state index is 12.4. The third-order valence-electron chi connectivity index (χ3n) is 4.47. The van der Waals surface area contributed by atoms with Gasteiger partial charge in [-0.15, -0.1) is 24.8 Å². The summed E-state index contributed by atoms with van der Waals surface area (Å²) in [5, 5.41) is 0. The van der Waals surface area contributed by atoms with E-state index in [1.807, 2.05) is 23.1 Å². The van der Waals surface area contributed by atoms with Gasteiger partial charge in [-0.25, -0.2) is 4.98 Å². The Morgan fingerprint density at radius 2 is 2.08 bits per heavy atom. The van der Waals surface area contributed by atoms with Crippen molar-refractivity contribution in [2.24, 2.45) is 5.73 Å². The van der Waals surface area contributed by atoms with E-state index in [2.05, 4.69) is 17.6 Å². The zero-order valence-electron chi connectivity index (χ0n) is 14.0. The molecule has 1 saturated heterocycles. The lowest BCUT2D eigenvalue weighted by atomic mass is 10.2. The fraction of sp³-hybridized carbons (Fsp3) is 0.529. The number of rotatable bonds is 5. The normalized spacial score (nSPS) is 16.8. The van der Waals surface area contributed by atoms with Crippen LogP contribution in [0.1, 0.15) is 44.5 Å². The summed E-state index contributed by atoms with van der Waals surface area (Å²) < 4.78 is 2.24. The Bertz CT molecular complexity index is 674. The number of hydrogen-bond acceptors (Lipinski definition) is 3. The number of halogens is 2. The second kappa shape index (κ2) is 9.25. The second-order valence-electron chi connectivity index (χ2n) is 5.84. The summed E-state index contributed by atoms with van der Waals surface area (Å²) in [4.78, 5) is 19.3. The number of para-hydroxylation sites is 2. The van der Waals surface area contributed by atoms with Crippen LogP contribution in [0.15, 0.2) is 24.3 Å². The standard InChI is InChI=1S/C17H24N4O.2ClH/c1-2-20-14-8-4-3-7-13(14)19-17(20)15-9-6-12-21(15)16(22)10-5-11-18;;/h3-4,7-8,15H,2,5-6,9-12,18H2,1H3;2*1H. The molecule has 0 aliphatic carbocycles. The number of nitrogens with two attached hydrogens (primary N) is 1. The summed E-state index contributed by atoms with van der Waals surface area (Å²) in [6.07, 6.45) is 3.34. The van der Waals surface area contributed by atoms with Crippen molar-refractivity contribution in [1.29, 1.82) is 0 Å². The van der Waals surface area contributed by atoms with E-state index in [-0.39, 0.29) is 36.8 Å². The molecular weight excluding hydrogens is 347 g/mol. The lowest BCUT2D eigenvalue weighted by Crippen LogP contribution is -2.32. The molecule has 1 aliphatic rings. The van der Waals surface area contributed by atoms with Crippen molar-refractivity contribution in [3.63, 3.8) is 0 Å². The molecule has 5 nitrogen and oxygen atoms in total. The molecule has 2 heterocycles. The molecule has 2 N–H and O–H groups in total. The topological polar surface area (TPSA) is 64.2 Å². The molecule has 1 aliphatic heterocycles. The van der Waals surface area contributed by atoms with Gasteiger partial charge in [-0.2, -0.15) is 0 Å². The number of hydrogen-bond donors (Lipinski definition) is 1. The van der Waals surface area contributed by atoms with E-state index in [0.29, 0.717) is 13.0 Å². The minimum atomic E-state index is 0. The number of imidazole rings is 1. The van der Waals surface area contributed by atoms with Crippen LogP contribution in [-0.4, -0.2) is 33.4 Å². The van der Waals surface area contributed by atoms with Crippen molar-refractivity contribution in [2.45, 2.75) is 45.2 Å². The van der Waals surface area contributed by atoms with Crippen molar-refractivity contribution >= 4 is 41.8 Å². The van der Waals surface area contributed by atoms with Crippen LogP contribution in [0, 0.1) is 0 Å². The molecular formula is C17H26Cl2N4O. The molecule has 134 valence electrons. The fourth-order valence-corrected chi connectivity index (χ4v) is 3.41. The molecule has 0 saturated carbocycles. The average molecular weight is 373 g/mol. The first-order valence-corrected chi connectivity index (χ1v) is 8.21. The first kappa shape index (κ1) is 20.7. The Kier molecular flexibility index (Phi) is 8.00. The predicted octanol–water partition coefficient (Wildman–Crippen LogP) is 3.30. The summed E-state index contributed by atoms with van der Waals surface area (Å²) in [6, 6.07) is 8.31. The van der Waals surface area contributed by atoms with Gasteiger partial charge >= 0.3 is 0 Å². The summed E-state index contributed by atoms with van der Waals surface area (Å²) in [6.45, 7) is 4.41. The van der Waals surface area contributed by atoms with E-state index in [0.717, 1.165) is 49.2 Å². The summed E-state index contributed by atoms with van der Waals surface area (Å²) in [5.74, 6) is 1.24. The Balaban J connectivity index is 0.00000144. The van der Waals surface area contributed by atoms with E-state index in [1.54, 1.807) is 0 Å². The molecule has 1 aromatic carbocycles. The van der Waals surface area contributed by atoms with Crippen molar-refractivity contribution < 1.29 is 4.79 Å². The monoisotopic (exact) mass is 372 g/mol. The molecule has 0 bridgehead atoms. The van der Waals surface area contributed by atoms with E-state index in [9.17, 15) is 4.79 Å². The molecule has 7 heteroatoms. The zero-order valence-corrected chi connectivity index (χ0v) is 15.6. The van der Waals surface area contributed by atoms with Crippen molar-refractivity contribution in [3.8, 4) is 0 Å². The quantitative estimate of drug-likeness (QED) is 0.875. The third-order valence-corrected chi connectivity index (χ3v) is 4.47. The van der Waals surface area contributed by atoms with Crippen molar-refractivity contribution in [1.82, 2.24) is 14.5 Å². The minimum absolute atomic E-state index is 0. The highest BCUT2D eigenvalue weighted by Gasteiger charge is 2.33. The first-order chi connectivity index (χ1) is 10.8. The molecule has 24 heavy (non-hydrogen) atoms. The van der Waals surface area contributed by atoms with Crippen molar-refractivity contribution in [2.75, 3.05) is 13.1 Å². The highest BCUT2D eigenvalue weighted by Crippen LogP contribution is 2.33. The van der Waals surface area contributed by atoms with Gasteiger partial charge in [0.05, 0.1) is 17.1 Å². The Morgan fingerprint density at radius 3 is 2.79 bits per heavy atom. The van der Waals surface area contributed by atoms with Crippen LogP contribution >= 0.6 is 24.8 Å². The van der Waals surface area contributed by atoms with Crippen LogP contribution in [-0.2, 0) is 11.3 Å². The largest absolute Gasteiger partial charge is 0.333 e. The van der Waals surface area contributed by atoms with E-state index >= 15 is 0 Å². The number of fused-ring (bicyclic) bond motifs is 1. The summed E-state index contributed by atoms with van der Waals surface area (Å²) in [7, 11) is 0. The number of aromatic nitrogens is 2. The lowest BCUT2D eigenvalue weighted by Gasteiger charge is -2.25. The SMILES string of the molecule is CCn1c(C2CCCN2C(=O)CCCN)nc2ccccc21.Cl.Cl. The Labute approximate surface area is 155 Å². The van der Waals surface area contributed by atoms with Crippen LogP contribution in [0.4, 0.5) is 0 Å². The second-order valence-corrected chi connectivity index (χ2v) is 5.84. The molecule has 1 atom stereocenters. The van der Waals surface area contributed by atoms with Gasteiger partial charge in [0, 0.05) is 19.5 Å². The van der Waals surface area contributed by atoms with Crippen molar-refractivity contribution in [3.05, 3.63) is 30.1 Å². The maximum absolute atomic E-state index is 12.4. The van der Waals surface area contributed by atoms with Crippen LogP contribution in [0.5, 0.6) is 0 Å². The molecule has 0 radical (unpaired) electrons. The number of carbonyl (C=O) groups excluding carboxylic acids is 1. The number of amides is 1. The summed E-state index contributed by atoms with van der Waals surface area (Å²) >= 11 is 0. The smallest absolute Gasteiger partial charge is 0.223 e. The molecule has 1 fully saturated rings. The molecule has 2 aromatic rings. The van der Waals surface area contributed by atoms with Crippen LogP contribution in [0.2, 0.25) is 0 Å². The number of nitrogens with zero attached hydrogens (tertiary/aromatic N) is 3. The average Bonchev–Trinajstić information content (AvgIpc) is 3.15. The third kappa shape index (κ3) is 3.85. The predicted molar refractivity (Wildman–Crippen MR) is 102 cm³/mol. The van der Waals surface area contributed by atoms with E-state index in [4.69, 9.17) is 10.7 Å². The van der Waals surface area contributed by atoms with Gasteiger partial charge in [-0.05, 0) is 44.9 Å². The highest BCUT2D eigenvalue weighted by atomic mass is 35.5. The van der Waals surface area contributed by atoms with Crippen LogP contribution in [0.25, 0.3) is 11.0 Å². The Morgan fingerprint density at radius 1 is 1.33 bits per heavy atom. The fourth-order valence-electron chi connectivity index (χ4n) is 3.41. The summed E-state index contributed by atoms with van der Waals surface area (Å²) in [5.41, 5.74) is 7.70. The van der Waals surface area contributed by atoms with Crippen LogP contribution in [0.3, 0.4) is 0 Å². The van der Waals surface area contributed by atoms with Crippen LogP contribution < -0.4 is 5.73 Å². The molecule has 1 aromatic heterocycles. The van der Waals surface area contributed by atoms with E-state index < -0.39 is 0 Å². The number of carbonyl (C=O) groups is 1. The van der Waals surface area contributed by atoms with Gasteiger partial charge in [0.15, 0.2) is 0 Å². The lowest BCUT2D eigenvalue weighted by molar-refractivity contribution is -0.132. The van der Waals surface area contributed by atoms with Gasteiger partial charge < -0.3 is 15.2 Å². The maximum Gasteiger partial charge on any atom is 0.223 e. The number of likely N-dealkylation sites (tertiary alicyclic amines) is 1. The number of benzene rings is 1. The Hall–Kier alpha value is -1.30. The molecule has 1 amide bonds. The van der Waals surface area contributed by atoms with Gasteiger partial charge in [0.1, 0.15) is 5.82 Å². The number of aryl methyl sites for hydroxylation is 1. The first-order valence-electron chi connectivity index (χ1n) is 8.21. The minimum Gasteiger partial charge on any atom is -0.333 e.